The molecule has 15 heavy (non-hydrogen) atoms. The summed E-state index contributed by atoms with van der Waals surface area (Å²) < 4.78 is 3.69. The topological polar surface area (TPSA) is 46.1 Å². The molecule has 1 heterocycles. The summed E-state index contributed by atoms with van der Waals surface area (Å²) in [5.74, 6) is 0.608. The second kappa shape index (κ2) is 4.57. The molecule has 1 aliphatic rings. The van der Waals surface area contributed by atoms with E-state index in [4.69, 9.17) is 0 Å². The van der Waals surface area contributed by atoms with Gasteiger partial charge in [-0.15, -0.1) is 5.10 Å². The first kappa shape index (κ1) is 11.0. The Kier molecular flexibility index (Phi) is 3.35. The van der Waals surface area contributed by atoms with Crippen molar-refractivity contribution in [1.82, 2.24) is 14.5 Å². The van der Waals surface area contributed by atoms with Gasteiger partial charge in [0.1, 0.15) is 0 Å². The molecule has 6 heteroatoms. The Hall–Kier alpha value is -0.490. The molecule has 0 aromatic carbocycles. The quantitative estimate of drug-likeness (QED) is 0.797. The highest BCUT2D eigenvalue weighted by Crippen LogP contribution is 2.33. The molecule has 1 amide bonds. The van der Waals surface area contributed by atoms with Crippen LogP contribution in [0.2, 0.25) is 0 Å². The van der Waals surface area contributed by atoms with Crippen molar-refractivity contribution in [1.29, 1.82) is 0 Å². The van der Waals surface area contributed by atoms with E-state index >= 15 is 0 Å². The number of amides is 1. The van der Waals surface area contributed by atoms with Crippen LogP contribution >= 0.6 is 27.5 Å². The number of rotatable bonds is 3. The first-order valence-electron chi connectivity index (χ1n) is 4.83. The second-order valence-electron chi connectivity index (χ2n) is 3.91. The number of carbonyl (C=O) groups is 1. The molecular weight excluding hydrogens is 278 g/mol. The lowest BCUT2D eigenvalue weighted by Gasteiger charge is -2.34. The van der Waals surface area contributed by atoms with Crippen LogP contribution < -0.4 is 0 Å². The smallest absolute Gasteiger partial charge is 0.275 e. The van der Waals surface area contributed by atoms with Crippen molar-refractivity contribution < 1.29 is 4.79 Å². The fourth-order valence-electron chi connectivity index (χ4n) is 1.73. The van der Waals surface area contributed by atoms with Crippen molar-refractivity contribution in [3.63, 3.8) is 0 Å². The van der Waals surface area contributed by atoms with Crippen LogP contribution in [0.1, 0.15) is 23.3 Å². The van der Waals surface area contributed by atoms with Gasteiger partial charge in [0.15, 0.2) is 5.69 Å². The van der Waals surface area contributed by atoms with Crippen molar-refractivity contribution in [2.24, 2.45) is 5.92 Å². The van der Waals surface area contributed by atoms with Gasteiger partial charge in [0, 0.05) is 23.8 Å². The molecule has 1 saturated carbocycles. The van der Waals surface area contributed by atoms with Crippen molar-refractivity contribution >= 4 is 33.4 Å². The average Bonchev–Trinajstić information content (AvgIpc) is 2.66. The number of carbonyl (C=O) groups excluding carboxylic acids is 1. The Morgan fingerprint density at radius 1 is 1.73 bits per heavy atom. The van der Waals surface area contributed by atoms with Crippen LogP contribution in [-0.4, -0.2) is 38.8 Å². The molecule has 0 bridgehead atoms. The zero-order chi connectivity index (χ0) is 10.8. The molecule has 4 nitrogen and oxygen atoms in total. The summed E-state index contributed by atoms with van der Waals surface area (Å²) in [6.45, 7) is 0.818. The van der Waals surface area contributed by atoms with E-state index in [0.717, 1.165) is 19.4 Å². The summed E-state index contributed by atoms with van der Waals surface area (Å²) in [6, 6.07) is 0. The predicted molar refractivity (Wildman–Crippen MR) is 62.3 cm³/mol. The summed E-state index contributed by atoms with van der Waals surface area (Å²) in [5.41, 5.74) is 0.456. The van der Waals surface area contributed by atoms with Gasteiger partial charge in [0.05, 0.1) is 0 Å². The first-order chi connectivity index (χ1) is 7.16. The Morgan fingerprint density at radius 2 is 2.47 bits per heavy atom. The van der Waals surface area contributed by atoms with Crippen molar-refractivity contribution in [2.45, 2.75) is 17.7 Å². The minimum absolute atomic E-state index is 0.0261. The third-order valence-corrected chi connectivity index (χ3v) is 3.89. The van der Waals surface area contributed by atoms with E-state index in [1.54, 1.807) is 10.3 Å². The SMILES string of the molecule is CN(CC1CC(Br)C1)C(=O)c1csnn1. The highest BCUT2D eigenvalue weighted by atomic mass is 79.9. The van der Waals surface area contributed by atoms with Gasteiger partial charge in [0.2, 0.25) is 0 Å². The summed E-state index contributed by atoms with van der Waals surface area (Å²) in [4.78, 5) is 14.2. The zero-order valence-electron chi connectivity index (χ0n) is 8.39. The Labute approximate surface area is 101 Å². The highest BCUT2D eigenvalue weighted by molar-refractivity contribution is 9.09. The molecule has 0 saturated heterocycles. The van der Waals surface area contributed by atoms with Crippen LogP contribution in [-0.2, 0) is 0 Å². The van der Waals surface area contributed by atoms with Gasteiger partial charge >= 0.3 is 0 Å². The third-order valence-electron chi connectivity index (χ3n) is 2.64. The minimum Gasteiger partial charge on any atom is -0.340 e. The lowest BCUT2D eigenvalue weighted by Crippen LogP contribution is -2.37. The first-order valence-corrected chi connectivity index (χ1v) is 6.58. The zero-order valence-corrected chi connectivity index (χ0v) is 10.8. The van der Waals surface area contributed by atoms with E-state index in [-0.39, 0.29) is 5.91 Å². The van der Waals surface area contributed by atoms with Crippen LogP contribution in [0.5, 0.6) is 0 Å². The molecule has 82 valence electrons. The molecule has 1 aromatic rings. The molecule has 0 spiro atoms. The van der Waals surface area contributed by atoms with E-state index < -0.39 is 0 Å². The molecule has 0 atom stereocenters. The standard InChI is InChI=1S/C9H12BrN3OS/c1-13(4-6-2-7(10)3-6)9(14)8-5-15-12-11-8/h5-7H,2-4H2,1H3. The number of halogens is 1. The maximum Gasteiger partial charge on any atom is 0.275 e. The molecule has 0 unspecified atom stereocenters. The number of nitrogens with zero attached hydrogens (tertiary/aromatic N) is 3. The third kappa shape index (κ3) is 2.55. The van der Waals surface area contributed by atoms with E-state index in [9.17, 15) is 4.79 Å². The average molecular weight is 290 g/mol. The Morgan fingerprint density at radius 3 is 3.00 bits per heavy atom. The van der Waals surface area contributed by atoms with Gasteiger partial charge in [-0.05, 0) is 30.3 Å². The largest absolute Gasteiger partial charge is 0.340 e. The molecule has 2 rings (SSSR count). The van der Waals surface area contributed by atoms with E-state index in [0.29, 0.717) is 16.4 Å². The van der Waals surface area contributed by atoms with Gasteiger partial charge in [-0.2, -0.15) is 0 Å². The summed E-state index contributed by atoms with van der Waals surface area (Å²) in [6.07, 6.45) is 2.32. The molecule has 0 aliphatic heterocycles. The summed E-state index contributed by atoms with van der Waals surface area (Å²) in [5, 5.41) is 5.46. The molecular formula is C9H12BrN3OS. The normalized spacial score (nSPS) is 24.7. The lowest BCUT2D eigenvalue weighted by atomic mass is 9.85. The number of hydrogen-bond donors (Lipinski definition) is 0. The molecule has 0 radical (unpaired) electrons. The monoisotopic (exact) mass is 289 g/mol. The predicted octanol–water partition coefficient (Wildman–Crippen LogP) is 1.78. The molecule has 1 aromatic heterocycles. The number of aromatic nitrogens is 2. The second-order valence-corrected chi connectivity index (χ2v) is 5.82. The maximum atomic E-state index is 11.8. The van der Waals surface area contributed by atoms with Crippen LogP contribution in [0.4, 0.5) is 0 Å². The minimum atomic E-state index is -0.0261. The van der Waals surface area contributed by atoms with Crippen molar-refractivity contribution in [2.75, 3.05) is 13.6 Å². The van der Waals surface area contributed by atoms with Crippen LogP contribution in [0, 0.1) is 5.92 Å². The van der Waals surface area contributed by atoms with Crippen molar-refractivity contribution in [3.05, 3.63) is 11.1 Å². The number of hydrogen-bond acceptors (Lipinski definition) is 4. The van der Waals surface area contributed by atoms with Crippen LogP contribution in [0.25, 0.3) is 0 Å². The summed E-state index contributed by atoms with van der Waals surface area (Å²) >= 11 is 4.75. The van der Waals surface area contributed by atoms with Crippen molar-refractivity contribution in [3.8, 4) is 0 Å². The number of alkyl halides is 1. The Balaban J connectivity index is 1.86. The Bertz CT molecular complexity index is 337. The molecule has 0 N–H and O–H groups in total. The van der Waals surface area contributed by atoms with E-state index in [1.807, 2.05) is 7.05 Å². The van der Waals surface area contributed by atoms with Gasteiger partial charge in [-0.3, -0.25) is 4.79 Å². The van der Waals surface area contributed by atoms with Gasteiger partial charge in [-0.1, -0.05) is 20.4 Å². The van der Waals surface area contributed by atoms with Gasteiger partial charge < -0.3 is 4.90 Å². The van der Waals surface area contributed by atoms with Gasteiger partial charge in [0.25, 0.3) is 5.91 Å². The fraction of sp³-hybridized carbons (Fsp3) is 0.667. The molecule has 1 fully saturated rings. The molecule has 1 aliphatic carbocycles. The van der Waals surface area contributed by atoms with Crippen LogP contribution in [0.3, 0.4) is 0 Å². The fourth-order valence-corrected chi connectivity index (χ4v) is 3.21. The van der Waals surface area contributed by atoms with E-state index in [2.05, 4.69) is 25.5 Å². The van der Waals surface area contributed by atoms with Gasteiger partial charge in [-0.25, -0.2) is 0 Å². The van der Waals surface area contributed by atoms with E-state index in [1.165, 1.54) is 11.5 Å². The van der Waals surface area contributed by atoms with Crippen LogP contribution in [0.15, 0.2) is 5.38 Å². The highest BCUT2D eigenvalue weighted by Gasteiger charge is 2.29. The lowest BCUT2D eigenvalue weighted by molar-refractivity contribution is 0.0743. The maximum absolute atomic E-state index is 11.8. The summed E-state index contributed by atoms with van der Waals surface area (Å²) in [7, 11) is 1.82.